The van der Waals surface area contributed by atoms with E-state index in [1.54, 1.807) is 6.07 Å². The van der Waals surface area contributed by atoms with Crippen molar-refractivity contribution in [1.29, 1.82) is 0 Å². The Kier molecular flexibility index (Phi) is 2.92. The fourth-order valence-corrected chi connectivity index (χ4v) is 3.28. The molecule has 100 valence electrons. The summed E-state index contributed by atoms with van der Waals surface area (Å²) in [7, 11) is 0. The van der Waals surface area contributed by atoms with Gasteiger partial charge in [-0.3, -0.25) is 4.79 Å². The fraction of sp³-hybridized carbons (Fsp3) is 0.438. The molecule has 1 aliphatic carbocycles. The van der Waals surface area contributed by atoms with Crippen LogP contribution in [0.3, 0.4) is 0 Å². The van der Waals surface area contributed by atoms with Crippen LogP contribution in [-0.2, 0) is 11.3 Å². The molecule has 1 aromatic carbocycles. The quantitative estimate of drug-likeness (QED) is 0.794. The van der Waals surface area contributed by atoms with Gasteiger partial charge in [-0.05, 0) is 37.0 Å². The van der Waals surface area contributed by atoms with E-state index in [0.29, 0.717) is 13.0 Å². The predicted molar refractivity (Wildman–Crippen MR) is 71.6 cm³/mol. The molecule has 2 nitrogen and oxygen atoms in total. The van der Waals surface area contributed by atoms with Crippen LogP contribution >= 0.6 is 0 Å². The molecule has 2 aliphatic rings. The number of carbonyl (C=O) groups excluding carboxylic acids is 1. The highest BCUT2D eigenvalue weighted by Crippen LogP contribution is 2.47. The largest absolute Gasteiger partial charge is 0.312 e. The van der Waals surface area contributed by atoms with Gasteiger partial charge in [0.2, 0.25) is 5.91 Å². The van der Waals surface area contributed by atoms with Crippen LogP contribution in [0.4, 0.5) is 4.39 Å². The SMILES string of the molecule is CC12CCCC=C1N(Cc1cccc(F)c1)C(=O)C2. The summed E-state index contributed by atoms with van der Waals surface area (Å²) in [5.74, 6) is -0.0792. The minimum absolute atomic E-state index is 0.00264. The molecule has 0 saturated carbocycles. The van der Waals surface area contributed by atoms with Crippen LogP contribution in [0.2, 0.25) is 0 Å². The number of allylic oxidation sites excluding steroid dienone is 2. The first-order valence-corrected chi connectivity index (χ1v) is 6.84. The molecule has 0 spiro atoms. The number of amides is 1. The summed E-state index contributed by atoms with van der Waals surface area (Å²) in [5, 5.41) is 0. The summed E-state index contributed by atoms with van der Waals surface area (Å²) in [6.45, 7) is 2.65. The van der Waals surface area contributed by atoms with Crippen molar-refractivity contribution in [2.24, 2.45) is 5.41 Å². The van der Waals surface area contributed by atoms with E-state index < -0.39 is 0 Å². The number of hydrogen-bond donors (Lipinski definition) is 0. The van der Waals surface area contributed by atoms with Crippen LogP contribution in [-0.4, -0.2) is 10.8 Å². The van der Waals surface area contributed by atoms with Gasteiger partial charge in [0.1, 0.15) is 5.82 Å². The van der Waals surface area contributed by atoms with Crippen molar-refractivity contribution in [2.45, 2.75) is 39.2 Å². The molecule has 1 unspecified atom stereocenters. The number of likely N-dealkylation sites (tertiary alicyclic amines) is 1. The first kappa shape index (κ1) is 12.4. The van der Waals surface area contributed by atoms with Gasteiger partial charge in [-0.2, -0.15) is 0 Å². The van der Waals surface area contributed by atoms with Crippen LogP contribution < -0.4 is 0 Å². The average molecular weight is 259 g/mol. The lowest BCUT2D eigenvalue weighted by molar-refractivity contribution is -0.127. The number of nitrogens with zero attached hydrogens (tertiary/aromatic N) is 1. The van der Waals surface area contributed by atoms with E-state index in [2.05, 4.69) is 13.0 Å². The Morgan fingerprint density at radius 3 is 3.05 bits per heavy atom. The molecule has 1 atom stereocenters. The zero-order chi connectivity index (χ0) is 13.5. The van der Waals surface area contributed by atoms with Gasteiger partial charge in [-0.15, -0.1) is 0 Å². The smallest absolute Gasteiger partial charge is 0.227 e. The maximum absolute atomic E-state index is 13.2. The second-order valence-corrected chi connectivity index (χ2v) is 5.83. The third-order valence-electron chi connectivity index (χ3n) is 4.25. The summed E-state index contributed by atoms with van der Waals surface area (Å²) in [6.07, 6.45) is 6.05. The molecule has 1 fully saturated rings. The van der Waals surface area contributed by atoms with Gasteiger partial charge >= 0.3 is 0 Å². The van der Waals surface area contributed by atoms with E-state index in [4.69, 9.17) is 0 Å². The van der Waals surface area contributed by atoms with Crippen molar-refractivity contribution < 1.29 is 9.18 Å². The third-order valence-corrected chi connectivity index (χ3v) is 4.25. The number of benzene rings is 1. The normalized spacial score (nSPS) is 26.3. The maximum Gasteiger partial charge on any atom is 0.227 e. The lowest BCUT2D eigenvalue weighted by Crippen LogP contribution is -2.26. The van der Waals surface area contributed by atoms with Crippen LogP contribution in [0.5, 0.6) is 0 Å². The molecule has 0 aromatic heterocycles. The molecule has 1 saturated heterocycles. The van der Waals surface area contributed by atoms with Crippen molar-refractivity contribution in [3.63, 3.8) is 0 Å². The van der Waals surface area contributed by atoms with E-state index in [1.807, 2.05) is 11.0 Å². The zero-order valence-corrected chi connectivity index (χ0v) is 11.2. The Morgan fingerprint density at radius 1 is 1.42 bits per heavy atom. The molecule has 1 aromatic rings. The zero-order valence-electron chi connectivity index (χ0n) is 11.2. The number of carbonyl (C=O) groups is 1. The highest BCUT2D eigenvalue weighted by molar-refractivity contribution is 5.83. The maximum atomic E-state index is 13.2. The summed E-state index contributed by atoms with van der Waals surface area (Å²) in [4.78, 5) is 14.1. The van der Waals surface area contributed by atoms with Crippen LogP contribution in [0.15, 0.2) is 36.0 Å². The second-order valence-electron chi connectivity index (χ2n) is 5.83. The number of halogens is 1. The van der Waals surface area contributed by atoms with Crippen LogP contribution in [0.1, 0.15) is 38.2 Å². The summed E-state index contributed by atoms with van der Waals surface area (Å²) < 4.78 is 13.2. The predicted octanol–water partition coefficient (Wildman–Crippen LogP) is 3.63. The van der Waals surface area contributed by atoms with E-state index in [9.17, 15) is 9.18 Å². The first-order valence-electron chi connectivity index (χ1n) is 6.84. The summed E-state index contributed by atoms with van der Waals surface area (Å²) in [5.41, 5.74) is 2.00. The van der Waals surface area contributed by atoms with Crippen LogP contribution in [0.25, 0.3) is 0 Å². The highest BCUT2D eigenvalue weighted by Gasteiger charge is 2.44. The van der Waals surface area contributed by atoms with Crippen molar-refractivity contribution in [3.05, 3.63) is 47.4 Å². The Bertz CT molecular complexity index is 551. The Labute approximate surface area is 112 Å². The van der Waals surface area contributed by atoms with Gasteiger partial charge in [-0.1, -0.05) is 25.1 Å². The molecule has 0 N–H and O–H groups in total. The average Bonchev–Trinajstić information content (AvgIpc) is 2.61. The van der Waals surface area contributed by atoms with Crippen molar-refractivity contribution in [2.75, 3.05) is 0 Å². The molecular weight excluding hydrogens is 241 g/mol. The van der Waals surface area contributed by atoms with Crippen LogP contribution in [0, 0.1) is 11.2 Å². The molecule has 1 heterocycles. The monoisotopic (exact) mass is 259 g/mol. The highest BCUT2D eigenvalue weighted by atomic mass is 19.1. The Hall–Kier alpha value is -1.64. The van der Waals surface area contributed by atoms with E-state index in [-0.39, 0.29) is 17.1 Å². The molecule has 3 rings (SSSR count). The standard InChI is InChI=1S/C16H18FNO/c1-16-8-3-2-7-14(16)18(15(19)10-16)11-12-5-4-6-13(17)9-12/h4-7,9H,2-3,8,10-11H2,1H3. The van der Waals surface area contributed by atoms with Gasteiger partial charge in [0.25, 0.3) is 0 Å². The van der Waals surface area contributed by atoms with Gasteiger partial charge in [0, 0.05) is 17.5 Å². The van der Waals surface area contributed by atoms with Gasteiger partial charge in [0.05, 0.1) is 6.54 Å². The molecule has 0 bridgehead atoms. The molecule has 1 amide bonds. The third kappa shape index (κ3) is 2.18. The van der Waals surface area contributed by atoms with E-state index in [1.165, 1.54) is 12.1 Å². The minimum atomic E-state index is -0.246. The molecule has 0 radical (unpaired) electrons. The molecule has 19 heavy (non-hydrogen) atoms. The Balaban J connectivity index is 1.88. The number of fused-ring (bicyclic) bond motifs is 1. The Morgan fingerprint density at radius 2 is 2.26 bits per heavy atom. The molecule has 3 heteroatoms. The topological polar surface area (TPSA) is 20.3 Å². The lowest BCUT2D eigenvalue weighted by atomic mass is 9.77. The number of rotatable bonds is 2. The first-order chi connectivity index (χ1) is 9.08. The summed E-state index contributed by atoms with van der Waals surface area (Å²) >= 11 is 0. The fourth-order valence-electron chi connectivity index (χ4n) is 3.28. The molecule has 1 aliphatic heterocycles. The van der Waals surface area contributed by atoms with Gasteiger partial charge < -0.3 is 4.90 Å². The lowest BCUT2D eigenvalue weighted by Gasteiger charge is -2.31. The van der Waals surface area contributed by atoms with Crippen molar-refractivity contribution in [3.8, 4) is 0 Å². The van der Waals surface area contributed by atoms with Crippen molar-refractivity contribution in [1.82, 2.24) is 4.90 Å². The van der Waals surface area contributed by atoms with Gasteiger partial charge in [-0.25, -0.2) is 4.39 Å². The molecular formula is C16H18FNO. The number of hydrogen-bond acceptors (Lipinski definition) is 1. The van der Waals surface area contributed by atoms with E-state index >= 15 is 0 Å². The minimum Gasteiger partial charge on any atom is -0.312 e. The van der Waals surface area contributed by atoms with E-state index in [0.717, 1.165) is 30.5 Å². The second kappa shape index (κ2) is 4.48. The summed E-state index contributed by atoms with van der Waals surface area (Å²) in [6, 6.07) is 6.50. The van der Waals surface area contributed by atoms with Crippen molar-refractivity contribution >= 4 is 5.91 Å². The van der Waals surface area contributed by atoms with Gasteiger partial charge in [0.15, 0.2) is 0 Å².